The van der Waals surface area contributed by atoms with Crippen LogP contribution in [-0.4, -0.2) is 10.7 Å². The molecule has 0 saturated carbocycles. The van der Waals surface area contributed by atoms with Crippen molar-refractivity contribution in [2.45, 2.75) is 64.8 Å². The van der Waals surface area contributed by atoms with E-state index in [-0.39, 0.29) is 35.0 Å². The Bertz CT molecular complexity index is 730. The van der Waals surface area contributed by atoms with Gasteiger partial charge in [0.1, 0.15) is 0 Å². The Labute approximate surface area is 177 Å². The molecule has 5 nitrogen and oxygen atoms in total. The van der Waals surface area contributed by atoms with Gasteiger partial charge in [0, 0.05) is 29.8 Å². The summed E-state index contributed by atoms with van der Waals surface area (Å²) in [6.45, 7) is 2.47. The summed E-state index contributed by atoms with van der Waals surface area (Å²) >= 11 is 0. The van der Waals surface area contributed by atoms with E-state index in [1.807, 2.05) is 17.0 Å². The lowest BCUT2D eigenvalue weighted by atomic mass is 10.1. The van der Waals surface area contributed by atoms with E-state index in [0.29, 0.717) is 5.56 Å². The van der Waals surface area contributed by atoms with Crippen molar-refractivity contribution in [2.24, 2.45) is 0 Å². The van der Waals surface area contributed by atoms with Gasteiger partial charge in [-0.05, 0) is 30.5 Å². The smallest absolute Gasteiger partial charge is 0.269 e. The van der Waals surface area contributed by atoms with E-state index < -0.39 is 4.92 Å². The van der Waals surface area contributed by atoms with E-state index in [0.717, 1.165) is 6.42 Å². The number of nitro benzene ring substituents is 1. The van der Waals surface area contributed by atoms with Crippen molar-refractivity contribution in [3.05, 3.63) is 70.0 Å². The average molecular weight is 449 g/mol. The first-order valence-corrected chi connectivity index (χ1v) is 9.86. The van der Waals surface area contributed by atoms with E-state index in [1.165, 1.54) is 74.8 Å². The van der Waals surface area contributed by atoms with Crippen molar-refractivity contribution in [1.29, 1.82) is 0 Å². The summed E-state index contributed by atoms with van der Waals surface area (Å²) in [7, 11) is 0. The molecule has 0 saturated heterocycles. The van der Waals surface area contributed by atoms with Gasteiger partial charge in [0.05, 0.1) is 4.92 Å². The third-order valence-corrected chi connectivity index (χ3v) is 4.76. The van der Waals surface area contributed by atoms with Crippen LogP contribution in [0.3, 0.4) is 0 Å². The van der Waals surface area contributed by atoms with Gasteiger partial charge in [0.15, 0.2) is 12.4 Å². The second-order valence-corrected chi connectivity index (χ2v) is 6.98. The fourth-order valence-corrected chi connectivity index (χ4v) is 3.07. The summed E-state index contributed by atoms with van der Waals surface area (Å²) < 4.78 is 1.85. The van der Waals surface area contributed by atoms with Crippen LogP contribution in [0.1, 0.15) is 67.8 Å². The predicted molar refractivity (Wildman–Crippen MR) is 106 cm³/mol. The number of aryl methyl sites for hydroxylation is 1. The van der Waals surface area contributed by atoms with E-state index >= 15 is 0 Å². The second kappa shape index (κ2) is 13.2. The third-order valence-electron chi connectivity index (χ3n) is 4.76. The number of Topliss-reactive ketones (excluding diaryl/α,β-unsaturated/α-hetero) is 1. The van der Waals surface area contributed by atoms with Crippen molar-refractivity contribution < 1.29 is 31.3 Å². The number of nitrogens with zero attached hydrogens (tertiary/aromatic N) is 2. The van der Waals surface area contributed by atoms with Crippen LogP contribution in [0.25, 0.3) is 0 Å². The van der Waals surface area contributed by atoms with Gasteiger partial charge < -0.3 is 17.0 Å². The molecule has 0 aliphatic heterocycles. The summed E-state index contributed by atoms with van der Waals surface area (Å²) in [4.78, 5) is 22.5. The van der Waals surface area contributed by atoms with E-state index in [9.17, 15) is 14.9 Å². The highest BCUT2D eigenvalue weighted by Gasteiger charge is 2.14. The SMILES string of the molecule is CCCCCCCCCc1cc[n+](CC(=O)c2ccc([N+](=O)[O-])cc2)cc1.[Br-]. The lowest BCUT2D eigenvalue weighted by molar-refractivity contribution is -0.683. The van der Waals surface area contributed by atoms with Crippen LogP contribution >= 0.6 is 0 Å². The molecule has 0 aliphatic rings. The molecular weight excluding hydrogens is 420 g/mol. The van der Waals surface area contributed by atoms with Crippen molar-refractivity contribution >= 4 is 11.5 Å². The number of rotatable bonds is 12. The zero-order valence-electron chi connectivity index (χ0n) is 16.5. The molecule has 2 rings (SSSR count). The lowest BCUT2D eigenvalue weighted by Gasteiger charge is -2.02. The number of unbranched alkanes of at least 4 members (excludes halogenated alkanes) is 6. The van der Waals surface area contributed by atoms with E-state index in [1.54, 1.807) is 0 Å². The minimum atomic E-state index is -0.465. The Morgan fingerprint density at radius 1 is 0.929 bits per heavy atom. The van der Waals surface area contributed by atoms with Gasteiger partial charge >= 0.3 is 0 Å². The Hall–Kier alpha value is -2.08. The van der Waals surface area contributed by atoms with Gasteiger partial charge in [-0.25, -0.2) is 0 Å². The average Bonchev–Trinajstić information content (AvgIpc) is 2.68. The van der Waals surface area contributed by atoms with Crippen molar-refractivity contribution in [1.82, 2.24) is 0 Å². The highest BCUT2D eigenvalue weighted by molar-refractivity contribution is 5.95. The third kappa shape index (κ3) is 8.30. The molecule has 0 fully saturated rings. The zero-order chi connectivity index (χ0) is 19.5. The molecule has 28 heavy (non-hydrogen) atoms. The number of pyridine rings is 1. The minimum Gasteiger partial charge on any atom is -1.00 e. The standard InChI is InChI=1S/C22H29N2O3.BrH/c1-2-3-4-5-6-7-8-9-19-14-16-23(17-15-19)18-22(25)20-10-12-21(13-11-20)24(26)27;/h10-17H,2-9,18H2,1H3;1H/q+1;/p-1. The first-order valence-electron chi connectivity index (χ1n) is 9.86. The fraction of sp³-hybridized carbons (Fsp3) is 0.455. The second-order valence-electron chi connectivity index (χ2n) is 6.98. The van der Waals surface area contributed by atoms with Crippen LogP contribution in [0, 0.1) is 10.1 Å². The Morgan fingerprint density at radius 2 is 1.50 bits per heavy atom. The fourth-order valence-electron chi connectivity index (χ4n) is 3.07. The monoisotopic (exact) mass is 448 g/mol. The van der Waals surface area contributed by atoms with Gasteiger partial charge in [0.2, 0.25) is 12.3 Å². The molecule has 0 N–H and O–H groups in total. The summed E-state index contributed by atoms with van der Waals surface area (Å²) in [6.07, 6.45) is 14.1. The molecular formula is C22H29BrN2O3. The summed E-state index contributed by atoms with van der Waals surface area (Å²) in [6, 6.07) is 9.89. The molecule has 0 aliphatic carbocycles. The molecule has 0 radical (unpaired) electrons. The van der Waals surface area contributed by atoms with Gasteiger partial charge in [-0.3, -0.25) is 14.9 Å². The van der Waals surface area contributed by atoms with Gasteiger partial charge in [-0.2, -0.15) is 4.57 Å². The summed E-state index contributed by atoms with van der Waals surface area (Å²) in [5.74, 6) is -0.0604. The van der Waals surface area contributed by atoms with Crippen LogP contribution in [0.4, 0.5) is 5.69 Å². The molecule has 0 amide bonds. The molecule has 0 bridgehead atoms. The first-order chi connectivity index (χ1) is 13.1. The van der Waals surface area contributed by atoms with Gasteiger partial charge in [0.25, 0.3) is 5.69 Å². The number of carbonyl (C=O) groups excluding carboxylic acids is 1. The maximum Gasteiger partial charge on any atom is 0.269 e. The summed E-state index contributed by atoms with van der Waals surface area (Å²) in [5, 5.41) is 10.7. The highest BCUT2D eigenvalue weighted by Crippen LogP contribution is 2.13. The molecule has 0 spiro atoms. The van der Waals surface area contributed by atoms with Crippen molar-refractivity contribution in [3.63, 3.8) is 0 Å². The number of aromatic nitrogens is 1. The van der Waals surface area contributed by atoms with Crippen LogP contribution in [-0.2, 0) is 13.0 Å². The molecule has 152 valence electrons. The quantitative estimate of drug-likeness (QED) is 0.164. The molecule has 2 aromatic rings. The number of benzene rings is 1. The largest absolute Gasteiger partial charge is 1.00 e. The number of carbonyl (C=O) groups is 1. The molecule has 1 heterocycles. The van der Waals surface area contributed by atoms with Crippen LogP contribution in [0.15, 0.2) is 48.8 Å². The highest BCUT2D eigenvalue weighted by atomic mass is 79.9. The molecule has 0 atom stereocenters. The lowest BCUT2D eigenvalue weighted by Crippen LogP contribution is -3.00. The number of nitro groups is 1. The Balaban J connectivity index is 0.00000392. The molecule has 1 aromatic carbocycles. The number of ketones is 1. The zero-order valence-corrected chi connectivity index (χ0v) is 18.1. The maximum absolute atomic E-state index is 12.3. The number of non-ortho nitro benzene ring substituents is 1. The number of hydrogen-bond acceptors (Lipinski definition) is 3. The summed E-state index contributed by atoms with van der Waals surface area (Å²) in [5.41, 5.74) is 1.77. The minimum absolute atomic E-state index is 0. The van der Waals surface area contributed by atoms with Crippen molar-refractivity contribution in [3.8, 4) is 0 Å². The van der Waals surface area contributed by atoms with Gasteiger partial charge in [-0.15, -0.1) is 0 Å². The van der Waals surface area contributed by atoms with Crippen LogP contribution in [0.5, 0.6) is 0 Å². The maximum atomic E-state index is 12.3. The topological polar surface area (TPSA) is 64.1 Å². The predicted octanol–water partition coefficient (Wildman–Crippen LogP) is 2.06. The van der Waals surface area contributed by atoms with Crippen LogP contribution < -0.4 is 21.5 Å². The molecule has 0 unspecified atom stereocenters. The van der Waals surface area contributed by atoms with Crippen molar-refractivity contribution in [2.75, 3.05) is 0 Å². The Kier molecular flexibility index (Phi) is 11.3. The number of hydrogen-bond donors (Lipinski definition) is 0. The molecule has 1 aromatic heterocycles. The van der Waals surface area contributed by atoms with E-state index in [2.05, 4.69) is 19.1 Å². The van der Waals surface area contributed by atoms with Gasteiger partial charge in [-0.1, -0.05) is 45.4 Å². The molecule has 6 heteroatoms. The van der Waals surface area contributed by atoms with E-state index in [4.69, 9.17) is 0 Å². The first kappa shape index (κ1) is 24.0. The normalized spacial score (nSPS) is 10.3. The van der Waals surface area contributed by atoms with Crippen LogP contribution in [0.2, 0.25) is 0 Å². The number of halogens is 1. The Morgan fingerprint density at radius 3 is 2.07 bits per heavy atom.